The van der Waals surface area contributed by atoms with Crippen LogP contribution in [0, 0.1) is 29.1 Å². The highest BCUT2D eigenvalue weighted by atomic mass is 33.1. The molecule has 0 radical (unpaired) electrons. The van der Waals surface area contributed by atoms with Crippen molar-refractivity contribution >= 4 is 21.6 Å². The van der Waals surface area contributed by atoms with Crippen molar-refractivity contribution in [2.45, 2.75) is 9.79 Å². The summed E-state index contributed by atoms with van der Waals surface area (Å²) in [5, 5.41) is 0. The third-order valence-electron chi connectivity index (χ3n) is 2.13. The molecule has 100 valence electrons. The van der Waals surface area contributed by atoms with Gasteiger partial charge in [0, 0.05) is 4.90 Å². The molecule has 2 rings (SSSR count). The van der Waals surface area contributed by atoms with Gasteiger partial charge in [-0.25, -0.2) is 22.0 Å². The SMILES string of the molecule is Fc1c(F)c(F)c(SSc2ccccc2)c(F)c1F. The number of halogens is 5. The lowest BCUT2D eigenvalue weighted by atomic mass is 10.3. The molecule has 0 amide bonds. The summed E-state index contributed by atoms with van der Waals surface area (Å²) in [6.07, 6.45) is 0. The molecule has 2 aromatic carbocycles. The molecule has 0 saturated carbocycles. The molecule has 0 saturated heterocycles. The topological polar surface area (TPSA) is 0 Å². The van der Waals surface area contributed by atoms with Crippen LogP contribution >= 0.6 is 21.6 Å². The zero-order valence-electron chi connectivity index (χ0n) is 9.09. The van der Waals surface area contributed by atoms with Crippen LogP contribution in [0.5, 0.6) is 0 Å². The van der Waals surface area contributed by atoms with E-state index in [1.165, 1.54) is 0 Å². The molecule has 0 atom stereocenters. The van der Waals surface area contributed by atoms with Crippen molar-refractivity contribution in [2.24, 2.45) is 0 Å². The van der Waals surface area contributed by atoms with Crippen molar-refractivity contribution in [3.05, 3.63) is 59.4 Å². The van der Waals surface area contributed by atoms with E-state index in [-0.39, 0.29) is 0 Å². The van der Waals surface area contributed by atoms with Crippen LogP contribution in [0.25, 0.3) is 0 Å². The predicted octanol–water partition coefficient (Wildman–Crippen LogP) is 5.18. The Morgan fingerprint density at radius 3 is 1.58 bits per heavy atom. The molecule has 0 heterocycles. The van der Waals surface area contributed by atoms with Crippen LogP contribution in [-0.2, 0) is 0 Å². The molecule has 0 aromatic heterocycles. The molecule has 19 heavy (non-hydrogen) atoms. The summed E-state index contributed by atoms with van der Waals surface area (Å²) in [6.45, 7) is 0. The molecule has 0 aliphatic rings. The Morgan fingerprint density at radius 2 is 1.05 bits per heavy atom. The lowest BCUT2D eigenvalue weighted by molar-refractivity contribution is 0.361. The second-order valence-electron chi connectivity index (χ2n) is 3.38. The molecule has 0 unspecified atom stereocenters. The van der Waals surface area contributed by atoms with Gasteiger partial charge in [0.1, 0.15) is 0 Å². The fourth-order valence-electron chi connectivity index (χ4n) is 1.22. The van der Waals surface area contributed by atoms with Gasteiger partial charge in [0.15, 0.2) is 23.3 Å². The third-order valence-corrected chi connectivity index (χ3v) is 4.53. The van der Waals surface area contributed by atoms with Crippen molar-refractivity contribution in [1.82, 2.24) is 0 Å². The maximum Gasteiger partial charge on any atom is 0.200 e. The summed E-state index contributed by atoms with van der Waals surface area (Å²) in [5.41, 5.74) is 0. The van der Waals surface area contributed by atoms with Gasteiger partial charge in [-0.15, -0.1) is 0 Å². The monoisotopic (exact) mass is 308 g/mol. The van der Waals surface area contributed by atoms with Crippen molar-refractivity contribution in [2.75, 3.05) is 0 Å². The normalized spacial score (nSPS) is 10.8. The third kappa shape index (κ3) is 2.87. The van der Waals surface area contributed by atoms with Gasteiger partial charge in [0.05, 0.1) is 4.90 Å². The minimum absolute atomic E-state index is 0.484. The molecule has 0 fully saturated rings. The highest BCUT2D eigenvalue weighted by Crippen LogP contribution is 2.41. The Labute approximate surface area is 113 Å². The number of hydrogen-bond acceptors (Lipinski definition) is 2. The molecule has 2 aromatic rings. The van der Waals surface area contributed by atoms with Crippen LogP contribution in [-0.4, -0.2) is 0 Å². The van der Waals surface area contributed by atoms with E-state index in [0.717, 1.165) is 10.8 Å². The summed E-state index contributed by atoms with van der Waals surface area (Å²) >= 11 is 0. The van der Waals surface area contributed by atoms with Gasteiger partial charge in [-0.2, -0.15) is 0 Å². The standard InChI is InChI=1S/C12H5F5S2/c13-7-8(14)10(16)12(11(17)9(7)15)19-18-6-4-2-1-3-5-6/h1-5H. The molecule has 7 heteroatoms. The van der Waals surface area contributed by atoms with Crippen LogP contribution in [0.2, 0.25) is 0 Å². The maximum atomic E-state index is 13.4. The molecule has 0 spiro atoms. The molecular formula is C12H5F5S2. The van der Waals surface area contributed by atoms with Crippen LogP contribution in [0.4, 0.5) is 22.0 Å². The molecule has 0 bridgehead atoms. The zero-order chi connectivity index (χ0) is 14.0. The largest absolute Gasteiger partial charge is 0.202 e. The van der Waals surface area contributed by atoms with Gasteiger partial charge >= 0.3 is 0 Å². The van der Waals surface area contributed by atoms with E-state index < -0.39 is 34.0 Å². The minimum Gasteiger partial charge on any atom is -0.202 e. The fraction of sp³-hybridized carbons (Fsp3) is 0. The van der Waals surface area contributed by atoms with Gasteiger partial charge in [-0.05, 0) is 22.9 Å². The van der Waals surface area contributed by atoms with E-state index in [4.69, 9.17) is 0 Å². The maximum absolute atomic E-state index is 13.4. The second-order valence-corrected chi connectivity index (χ2v) is 5.59. The lowest BCUT2D eigenvalue weighted by Crippen LogP contribution is -2.02. The Morgan fingerprint density at radius 1 is 0.579 bits per heavy atom. The van der Waals surface area contributed by atoms with Crippen LogP contribution in [0.15, 0.2) is 40.1 Å². The summed E-state index contributed by atoms with van der Waals surface area (Å²) < 4.78 is 65.4. The van der Waals surface area contributed by atoms with Crippen molar-refractivity contribution in [3.8, 4) is 0 Å². The van der Waals surface area contributed by atoms with Gasteiger partial charge in [0.25, 0.3) is 0 Å². The van der Waals surface area contributed by atoms with Crippen LogP contribution < -0.4 is 0 Å². The Bertz CT molecular complexity index is 572. The van der Waals surface area contributed by atoms with E-state index in [9.17, 15) is 22.0 Å². The fourth-order valence-corrected chi connectivity index (χ4v) is 3.31. The number of rotatable bonds is 3. The van der Waals surface area contributed by atoms with E-state index in [1.807, 2.05) is 0 Å². The summed E-state index contributed by atoms with van der Waals surface area (Å²) in [6, 6.07) is 8.45. The second kappa shape index (κ2) is 5.83. The average molecular weight is 308 g/mol. The van der Waals surface area contributed by atoms with E-state index >= 15 is 0 Å². The Hall–Kier alpha value is -1.21. The first-order valence-electron chi connectivity index (χ1n) is 4.93. The Kier molecular flexibility index (Phi) is 4.36. The van der Waals surface area contributed by atoms with Crippen LogP contribution in [0.3, 0.4) is 0 Å². The van der Waals surface area contributed by atoms with Gasteiger partial charge in [0.2, 0.25) is 5.82 Å². The number of hydrogen-bond donors (Lipinski definition) is 0. The highest BCUT2D eigenvalue weighted by molar-refractivity contribution is 8.76. The summed E-state index contributed by atoms with van der Waals surface area (Å²) in [5.74, 6) is -9.65. The highest BCUT2D eigenvalue weighted by Gasteiger charge is 2.26. The molecule has 0 aliphatic carbocycles. The van der Waals surface area contributed by atoms with Crippen LogP contribution in [0.1, 0.15) is 0 Å². The lowest BCUT2D eigenvalue weighted by Gasteiger charge is -2.07. The molecule has 0 aliphatic heterocycles. The first-order valence-corrected chi connectivity index (χ1v) is 7.08. The quantitative estimate of drug-likeness (QED) is 0.331. The minimum atomic E-state index is -2.15. The summed E-state index contributed by atoms with van der Waals surface area (Å²) in [7, 11) is 1.39. The number of benzene rings is 2. The van der Waals surface area contributed by atoms with E-state index in [2.05, 4.69) is 0 Å². The average Bonchev–Trinajstić information content (AvgIpc) is 2.44. The molecular weight excluding hydrogens is 303 g/mol. The summed E-state index contributed by atoms with van der Waals surface area (Å²) in [4.78, 5) is -0.262. The predicted molar refractivity (Wildman–Crippen MR) is 64.4 cm³/mol. The first-order chi connectivity index (χ1) is 9.02. The van der Waals surface area contributed by atoms with Gasteiger partial charge in [-0.1, -0.05) is 29.0 Å². The van der Waals surface area contributed by atoms with Crippen molar-refractivity contribution < 1.29 is 22.0 Å². The van der Waals surface area contributed by atoms with E-state index in [0.29, 0.717) is 15.7 Å². The zero-order valence-corrected chi connectivity index (χ0v) is 10.7. The van der Waals surface area contributed by atoms with Gasteiger partial charge in [-0.3, -0.25) is 0 Å². The Balaban J connectivity index is 2.31. The molecule has 0 nitrogen and oxygen atoms in total. The van der Waals surface area contributed by atoms with Crippen molar-refractivity contribution in [3.63, 3.8) is 0 Å². The van der Waals surface area contributed by atoms with Gasteiger partial charge < -0.3 is 0 Å². The van der Waals surface area contributed by atoms with E-state index in [1.54, 1.807) is 30.3 Å². The smallest absolute Gasteiger partial charge is 0.200 e. The first kappa shape index (κ1) is 14.2. The molecule has 0 N–H and O–H groups in total. The van der Waals surface area contributed by atoms with Crippen molar-refractivity contribution in [1.29, 1.82) is 0 Å².